The second-order valence-corrected chi connectivity index (χ2v) is 7.37. The first kappa shape index (κ1) is 17.7. The van der Waals surface area contributed by atoms with Crippen molar-refractivity contribution in [1.29, 1.82) is 0 Å². The zero-order valence-corrected chi connectivity index (χ0v) is 14.9. The smallest absolute Gasteiger partial charge is 0.265 e. The van der Waals surface area contributed by atoms with Crippen LogP contribution in [0.15, 0.2) is 82.3 Å². The van der Waals surface area contributed by atoms with Crippen molar-refractivity contribution in [3.63, 3.8) is 0 Å². The Kier molecular flexibility index (Phi) is 5.04. The summed E-state index contributed by atoms with van der Waals surface area (Å²) in [5, 5.41) is 0. The zero-order chi connectivity index (χ0) is 18.6. The minimum absolute atomic E-state index is 0.0295. The third kappa shape index (κ3) is 4.10. The number of nitrogens with one attached hydrogen (secondary N) is 1. The van der Waals surface area contributed by atoms with Crippen molar-refractivity contribution < 1.29 is 17.6 Å². The summed E-state index contributed by atoms with van der Waals surface area (Å²) in [4.78, 5) is 12.8. The van der Waals surface area contributed by atoms with Crippen LogP contribution in [-0.2, 0) is 14.8 Å². The van der Waals surface area contributed by atoms with Gasteiger partial charge in [-0.05, 0) is 42.8 Å². The lowest BCUT2D eigenvalue weighted by Crippen LogP contribution is -2.31. The normalized spacial score (nSPS) is 12.0. The Labute approximate surface area is 152 Å². The summed E-state index contributed by atoms with van der Waals surface area (Å²) >= 11 is 0. The summed E-state index contributed by atoms with van der Waals surface area (Å²) in [5.41, 5.74) is 1.70. The predicted octanol–water partition coefficient (Wildman–Crippen LogP) is 3.63. The average Bonchev–Trinajstić information content (AvgIpc) is 3.13. The summed E-state index contributed by atoms with van der Waals surface area (Å²) in [6.45, 7) is 1.86. The highest BCUT2D eigenvalue weighted by Crippen LogP contribution is 2.20. The lowest BCUT2D eigenvalue weighted by atomic mass is 10.0. The van der Waals surface area contributed by atoms with E-state index in [4.69, 9.17) is 4.42 Å². The van der Waals surface area contributed by atoms with Crippen molar-refractivity contribution >= 4 is 27.6 Å². The van der Waals surface area contributed by atoms with Crippen LogP contribution in [0.3, 0.4) is 0 Å². The van der Waals surface area contributed by atoms with E-state index in [1.807, 2.05) is 13.0 Å². The number of rotatable bonds is 5. The van der Waals surface area contributed by atoms with Gasteiger partial charge >= 0.3 is 0 Å². The summed E-state index contributed by atoms with van der Waals surface area (Å²) in [7, 11) is -3.98. The van der Waals surface area contributed by atoms with Gasteiger partial charge in [0.1, 0.15) is 5.76 Å². The summed E-state index contributed by atoms with van der Waals surface area (Å²) in [5.74, 6) is -0.278. The van der Waals surface area contributed by atoms with E-state index in [0.29, 0.717) is 11.3 Å². The van der Waals surface area contributed by atoms with E-state index < -0.39 is 15.9 Å². The number of amides is 1. The first-order valence-corrected chi connectivity index (χ1v) is 9.38. The molecular formula is C20H17NO4S. The van der Waals surface area contributed by atoms with Crippen molar-refractivity contribution in [1.82, 2.24) is 4.72 Å². The van der Waals surface area contributed by atoms with Gasteiger partial charge < -0.3 is 4.42 Å². The molecule has 0 fully saturated rings. The second-order valence-electron chi connectivity index (χ2n) is 5.69. The first-order chi connectivity index (χ1) is 12.5. The highest BCUT2D eigenvalue weighted by atomic mass is 32.2. The lowest BCUT2D eigenvalue weighted by molar-refractivity contribution is -0.113. The minimum atomic E-state index is -3.98. The van der Waals surface area contributed by atoms with Crippen molar-refractivity contribution in [2.75, 3.05) is 0 Å². The van der Waals surface area contributed by atoms with Gasteiger partial charge in [0.2, 0.25) is 0 Å². The molecule has 0 bridgehead atoms. The van der Waals surface area contributed by atoms with E-state index in [9.17, 15) is 13.2 Å². The number of carbonyl (C=O) groups excluding carboxylic acids is 1. The van der Waals surface area contributed by atoms with Crippen molar-refractivity contribution in [2.24, 2.45) is 0 Å². The molecule has 3 rings (SSSR count). The number of furan rings is 1. The van der Waals surface area contributed by atoms with Gasteiger partial charge in [0, 0.05) is 0 Å². The Morgan fingerprint density at radius 2 is 1.65 bits per heavy atom. The third-order valence-electron chi connectivity index (χ3n) is 3.72. The third-order valence-corrected chi connectivity index (χ3v) is 5.06. The molecule has 0 aliphatic rings. The molecule has 0 saturated carbocycles. The van der Waals surface area contributed by atoms with E-state index in [-0.39, 0.29) is 10.5 Å². The number of hydrogen-bond donors (Lipinski definition) is 1. The maximum Gasteiger partial charge on any atom is 0.265 e. The Balaban J connectivity index is 1.94. The van der Waals surface area contributed by atoms with Crippen LogP contribution in [0, 0.1) is 6.92 Å². The van der Waals surface area contributed by atoms with Gasteiger partial charge in [-0.25, -0.2) is 13.1 Å². The first-order valence-electron chi connectivity index (χ1n) is 7.90. The Hall–Kier alpha value is -3.12. The Morgan fingerprint density at radius 3 is 2.27 bits per heavy atom. The van der Waals surface area contributed by atoms with Crippen molar-refractivity contribution in [3.8, 4) is 0 Å². The van der Waals surface area contributed by atoms with E-state index in [1.54, 1.807) is 48.5 Å². The fourth-order valence-electron chi connectivity index (χ4n) is 2.37. The van der Waals surface area contributed by atoms with Crippen LogP contribution in [0.25, 0.3) is 11.6 Å². The van der Waals surface area contributed by atoms with Crippen LogP contribution in [-0.4, -0.2) is 14.3 Å². The van der Waals surface area contributed by atoms with Crippen LogP contribution in [0.4, 0.5) is 0 Å². The molecule has 0 unspecified atom stereocenters. The maximum atomic E-state index is 12.7. The van der Waals surface area contributed by atoms with Gasteiger partial charge in [-0.1, -0.05) is 48.0 Å². The number of hydrogen-bond acceptors (Lipinski definition) is 4. The molecule has 26 heavy (non-hydrogen) atoms. The van der Waals surface area contributed by atoms with Gasteiger partial charge in [-0.3, -0.25) is 4.79 Å². The lowest BCUT2D eigenvalue weighted by Gasteiger charge is -2.10. The second kappa shape index (κ2) is 7.41. The fourth-order valence-corrected chi connectivity index (χ4v) is 3.33. The van der Waals surface area contributed by atoms with Crippen LogP contribution >= 0.6 is 0 Å². The molecule has 1 aromatic heterocycles. The molecule has 1 N–H and O–H groups in total. The molecule has 0 saturated heterocycles. The molecule has 1 amide bonds. The molecule has 3 aromatic rings. The highest BCUT2D eigenvalue weighted by Gasteiger charge is 2.21. The van der Waals surface area contributed by atoms with Crippen LogP contribution in [0.5, 0.6) is 0 Å². The summed E-state index contributed by atoms with van der Waals surface area (Å²) in [6.07, 6.45) is 2.99. The largest absolute Gasteiger partial charge is 0.465 e. The molecular weight excluding hydrogens is 350 g/mol. The van der Waals surface area contributed by atoms with Crippen molar-refractivity contribution in [2.45, 2.75) is 11.8 Å². The molecule has 0 aliphatic carbocycles. The van der Waals surface area contributed by atoms with E-state index in [2.05, 4.69) is 4.72 Å². The molecule has 5 nitrogen and oxygen atoms in total. The van der Waals surface area contributed by atoms with E-state index in [1.165, 1.54) is 24.5 Å². The number of aryl methyl sites for hydroxylation is 1. The predicted molar refractivity (Wildman–Crippen MR) is 99.5 cm³/mol. The van der Waals surface area contributed by atoms with Crippen LogP contribution in [0.2, 0.25) is 0 Å². The van der Waals surface area contributed by atoms with Gasteiger partial charge in [-0.2, -0.15) is 0 Å². The van der Waals surface area contributed by atoms with Gasteiger partial charge in [-0.15, -0.1) is 0 Å². The number of benzene rings is 2. The number of sulfonamides is 1. The van der Waals surface area contributed by atoms with Crippen LogP contribution < -0.4 is 4.72 Å². The number of carbonyl (C=O) groups is 1. The van der Waals surface area contributed by atoms with Gasteiger partial charge in [0.15, 0.2) is 0 Å². The molecule has 0 radical (unpaired) electrons. The monoisotopic (exact) mass is 367 g/mol. The quantitative estimate of drug-likeness (QED) is 0.699. The molecule has 0 atom stereocenters. The Morgan fingerprint density at radius 1 is 0.962 bits per heavy atom. The zero-order valence-electron chi connectivity index (χ0n) is 14.0. The SMILES string of the molecule is Cc1ccc(S(=O)(=O)NC(=O)/C(=C/c2ccco2)c2ccccc2)cc1. The molecule has 0 spiro atoms. The average molecular weight is 367 g/mol. The Bertz CT molecular complexity index is 1020. The van der Waals surface area contributed by atoms with Gasteiger partial charge in [0.05, 0.1) is 16.7 Å². The van der Waals surface area contributed by atoms with E-state index in [0.717, 1.165) is 5.56 Å². The summed E-state index contributed by atoms with van der Waals surface area (Å²) in [6, 6.07) is 18.5. The van der Waals surface area contributed by atoms with E-state index >= 15 is 0 Å². The molecule has 132 valence electrons. The fraction of sp³-hybridized carbons (Fsp3) is 0.0500. The highest BCUT2D eigenvalue weighted by molar-refractivity contribution is 7.90. The summed E-state index contributed by atoms with van der Waals surface area (Å²) < 4.78 is 32.4. The topological polar surface area (TPSA) is 76.4 Å². The standard InChI is InChI=1S/C20H17NO4S/c1-15-9-11-18(12-10-15)26(23,24)21-20(22)19(14-17-8-5-13-25-17)16-6-3-2-4-7-16/h2-14H,1H3,(H,21,22)/b19-14+. The molecule has 0 aliphatic heterocycles. The van der Waals surface area contributed by atoms with Gasteiger partial charge in [0.25, 0.3) is 15.9 Å². The molecule has 6 heteroatoms. The van der Waals surface area contributed by atoms with Crippen molar-refractivity contribution in [3.05, 3.63) is 89.9 Å². The maximum absolute atomic E-state index is 12.7. The molecule has 1 heterocycles. The molecule has 2 aromatic carbocycles. The minimum Gasteiger partial charge on any atom is -0.465 e. The van der Waals surface area contributed by atoms with Crippen LogP contribution in [0.1, 0.15) is 16.9 Å².